The molecule has 0 radical (unpaired) electrons. The molecule has 6 heteroatoms. The summed E-state index contributed by atoms with van der Waals surface area (Å²) in [6, 6.07) is 3.48. The first kappa shape index (κ1) is 17.7. The second kappa shape index (κ2) is 8.85. The molecule has 0 saturated carbocycles. The van der Waals surface area contributed by atoms with Gasteiger partial charge in [0.1, 0.15) is 11.0 Å². The topological polar surface area (TPSA) is 54.5 Å². The molecule has 1 N–H and O–H groups in total. The lowest BCUT2D eigenvalue weighted by atomic mass is 10.1. The van der Waals surface area contributed by atoms with E-state index in [2.05, 4.69) is 17.2 Å². The minimum Gasteiger partial charge on any atom is -0.383 e. The van der Waals surface area contributed by atoms with E-state index in [9.17, 15) is 4.79 Å². The SMILES string of the molecule is CCNc1cc(C(=O)N(CCOC)C(C)CC)cc(Cl)n1. The highest BCUT2D eigenvalue weighted by molar-refractivity contribution is 6.29. The summed E-state index contributed by atoms with van der Waals surface area (Å²) in [6.45, 7) is 7.84. The fourth-order valence-electron chi connectivity index (χ4n) is 1.99. The van der Waals surface area contributed by atoms with Gasteiger partial charge in [-0.15, -0.1) is 0 Å². The molecule has 118 valence electrons. The van der Waals surface area contributed by atoms with E-state index in [1.165, 1.54) is 0 Å². The van der Waals surface area contributed by atoms with Crippen LogP contribution in [0.25, 0.3) is 0 Å². The third-order valence-electron chi connectivity index (χ3n) is 3.32. The van der Waals surface area contributed by atoms with Gasteiger partial charge in [-0.1, -0.05) is 18.5 Å². The van der Waals surface area contributed by atoms with Gasteiger partial charge in [-0.05, 0) is 32.4 Å². The summed E-state index contributed by atoms with van der Waals surface area (Å²) < 4.78 is 5.09. The number of methoxy groups -OCH3 is 1. The van der Waals surface area contributed by atoms with E-state index in [1.807, 2.05) is 18.7 Å². The van der Waals surface area contributed by atoms with Crippen molar-refractivity contribution in [3.63, 3.8) is 0 Å². The summed E-state index contributed by atoms with van der Waals surface area (Å²) >= 11 is 6.01. The van der Waals surface area contributed by atoms with Crippen LogP contribution in [0, 0.1) is 0 Å². The fourth-order valence-corrected chi connectivity index (χ4v) is 2.20. The molecular weight excluding hydrogens is 290 g/mol. The Balaban J connectivity index is 3.01. The molecule has 0 bridgehead atoms. The van der Waals surface area contributed by atoms with Gasteiger partial charge in [0.25, 0.3) is 5.91 Å². The predicted molar refractivity (Wildman–Crippen MR) is 86.1 cm³/mol. The quantitative estimate of drug-likeness (QED) is 0.749. The van der Waals surface area contributed by atoms with Crippen LogP contribution in [0.2, 0.25) is 5.15 Å². The zero-order valence-corrected chi connectivity index (χ0v) is 13.9. The highest BCUT2D eigenvalue weighted by Gasteiger charge is 2.21. The van der Waals surface area contributed by atoms with Crippen molar-refractivity contribution in [2.75, 3.05) is 32.1 Å². The number of hydrogen-bond acceptors (Lipinski definition) is 4. The van der Waals surface area contributed by atoms with Crippen LogP contribution >= 0.6 is 11.6 Å². The predicted octanol–water partition coefficient (Wildman–Crippen LogP) is 3.05. The Morgan fingerprint density at radius 1 is 1.48 bits per heavy atom. The first-order chi connectivity index (χ1) is 10.0. The molecule has 0 spiro atoms. The van der Waals surface area contributed by atoms with Crippen LogP contribution in [0.5, 0.6) is 0 Å². The van der Waals surface area contributed by atoms with Crippen molar-refractivity contribution in [1.29, 1.82) is 0 Å². The molecule has 1 heterocycles. The van der Waals surface area contributed by atoms with Gasteiger partial charge in [-0.3, -0.25) is 4.79 Å². The Morgan fingerprint density at radius 2 is 2.19 bits per heavy atom. The van der Waals surface area contributed by atoms with Gasteiger partial charge < -0.3 is 15.0 Å². The van der Waals surface area contributed by atoms with Crippen LogP contribution in [0.4, 0.5) is 5.82 Å². The van der Waals surface area contributed by atoms with E-state index in [-0.39, 0.29) is 11.9 Å². The second-order valence-electron chi connectivity index (χ2n) is 4.84. The van der Waals surface area contributed by atoms with Crippen molar-refractivity contribution in [2.45, 2.75) is 33.2 Å². The normalized spacial score (nSPS) is 12.0. The highest BCUT2D eigenvalue weighted by Crippen LogP contribution is 2.18. The molecule has 0 saturated heterocycles. The number of anilines is 1. The summed E-state index contributed by atoms with van der Waals surface area (Å²) in [6.07, 6.45) is 0.883. The molecule has 0 aliphatic heterocycles. The van der Waals surface area contributed by atoms with Crippen LogP contribution < -0.4 is 5.32 Å². The molecule has 21 heavy (non-hydrogen) atoms. The van der Waals surface area contributed by atoms with Crippen LogP contribution in [0.1, 0.15) is 37.6 Å². The van der Waals surface area contributed by atoms with Crippen LogP contribution in [-0.2, 0) is 4.74 Å². The maximum Gasteiger partial charge on any atom is 0.254 e. The van der Waals surface area contributed by atoms with Gasteiger partial charge in [-0.25, -0.2) is 4.98 Å². The van der Waals surface area contributed by atoms with Gasteiger partial charge in [0.15, 0.2) is 0 Å². The summed E-state index contributed by atoms with van der Waals surface area (Å²) in [5.41, 5.74) is 0.544. The van der Waals surface area contributed by atoms with Crippen molar-refractivity contribution in [2.24, 2.45) is 0 Å². The highest BCUT2D eigenvalue weighted by atomic mass is 35.5. The number of ether oxygens (including phenoxy) is 1. The number of halogens is 1. The summed E-state index contributed by atoms with van der Waals surface area (Å²) in [5.74, 6) is 0.564. The Kier molecular flexibility index (Phi) is 7.47. The van der Waals surface area contributed by atoms with Crippen molar-refractivity contribution in [1.82, 2.24) is 9.88 Å². The van der Waals surface area contributed by atoms with Gasteiger partial charge in [-0.2, -0.15) is 0 Å². The van der Waals surface area contributed by atoms with Gasteiger partial charge in [0, 0.05) is 31.8 Å². The largest absolute Gasteiger partial charge is 0.383 e. The number of aromatic nitrogens is 1. The number of pyridine rings is 1. The minimum absolute atomic E-state index is 0.0511. The number of nitrogens with one attached hydrogen (secondary N) is 1. The maximum atomic E-state index is 12.7. The molecule has 1 aromatic heterocycles. The molecular formula is C15H24ClN3O2. The Morgan fingerprint density at radius 3 is 2.76 bits per heavy atom. The van der Waals surface area contributed by atoms with E-state index >= 15 is 0 Å². The maximum absolute atomic E-state index is 12.7. The fraction of sp³-hybridized carbons (Fsp3) is 0.600. The lowest BCUT2D eigenvalue weighted by Crippen LogP contribution is -2.40. The summed E-state index contributed by atoms with van der Waals surface area (Å²) in [4.78, 5) is 18.7. The number of hydrogen-bond donors (Lipinski definition) is 1. The van der Waals surface area contributed by atoms with Gasteiger partial charge in [0.05, 0.1) is 6.61 Å². The molecule has 1 amide bonds. The zero-order valence-electron chi connectivity index (χ0n) is 13.1. The van der Waals surface area contributed by atoms with Crippen molar-refractivity contribution in [3.8, 4) is 0 Å². The van der Waals surface area contributed by atoms with Crippen LogP contribution in [0.15, 0.2) is 12.1 Å². The Hall–Kier alpha value is -1.33. The second-order valence-corrected chi connectivity index (χ2v) is 5.23. The molecule has 0 aliphatic carbocycles. The summed E-state index contributed by atoms with van der Waals surface area (Å²) in [7, 11) is 1.63. The van der Waals surface area contributed by atoms with Crippen LogP contribution in [0.3, 0.4) is 0 Å². The molecule has 0 aliphatic rings. The van der Waals surface area contributed by atoms with Crippen molar-refractivity contribution < 1.29 is 9.53 Å². The zero-order chi connectivity index (χ0) is 15.8. The third-order valence-corrected chi connectivity index (χ3v) is 3.51. The molecule has 1 aromatic rings. The monoisotopic (exact) mass is 313 g/mol. The van der Waals surface area contributed by atoms with E-state index < -0.39 is 0 Å². The number of nitrogens with zero attached hydrogens (tertiary/aromatic N) is 2. The van der Waals surface area contributed by atoms with Gasteiger partial charge in [0.2, 0.25) is 0 Å². The molecule has 1 atom stereocenters. The standard InChI is InChI=1S/C15H24ClN3O2/c1-5-11(3)19(7-8-21-4)15(20)12-9-13(16)18-14(10-12)17-6-2/h9-11H,5-8H2,1-4H3,(H,17,18). The first-order valence-corrected chi connectivity index (χ1v) is 7.62. The average Bonchev–Trinajstić information content (AvgIpc) is 2.46. The smallest absolute Gasteiger partial charge is 0.254 e. The first-order valence-electron chi connectivity index (χ1n) is 7.24. The number of carbonyl (C=O) groups excluding carboxylic acids is 1. The molecule has 5 nitrogen and oxygen atoms in total. The van der Waals surface area contributed by atoms with Gasteiger partial charge >= 0.3 is 0 Å². The number of rotatable bonds is 8. The number of amides is 1. The Bertz CT molecular complexity index is 468. The van der Waals surface area contributed by atoms with E-state index in [1.54, 1.807) is 19.2 Å². The molecule has 1 unspecified atom stereocenters. The van der Waals surface area contributed by atoms with E-state index in [4.69, 9.17) is 16.3 Å². The Labute approximate surface area is 131 Å². The van der Waals surface area contributed by atoms with Crippen molar-refractivity contribution in [3.05, 3.63) is 22.8 Å². The van der Waals surface area contributed by atoms with Crippen LogP contribution in [-0.4, -0.2) is 48.6 Å². The molecule has 0 aromatic carbocycles. The van der Waals surface area contributed by atoms with E-state index in [0.29, 0.717) is 29.7 Å². The molecule has 0 fully saturated rings. The summed E-state index contributed by atoms with van der Waals surface area (Å²) in [5, 5.41) is 3.39. The average molecular weight is 314 g/mol. The van der Waals surface area contributed by atoms with E-state index in [0.717, 1.165) is 13.0 Å². The lowest BCUT2D eigenvalue weighted by Gasteiger charge is -2.28. The third kappa shape index (κ3) is 5.17. The molecule has 1 rings (SSSR count). The van der Waals surface area contributed by atoms with Crippen molar-refractivity contribution >= 4 is 23.3 Å². The minimum atomic E-state index is -0.0511. The lowest BCUT2D eigenvalue weighted by molar-refractivity contribution is 0.0614. The number of carbonyl (C=O) groups is 1.